The summed E-state index contributed by atoms with van der Waals surface area (Å²) in [6.07, 6.45) is 8.20. The van der Waals surface area contributed by atoms with Gasteiger partial charge in [0, 0.05) is 48.7 Å². The number of aromatic nitrogens is 1. The van der Waals surface area contributed by atoms with Crippen molar-refractivity contribution in [3.8, 4) is 0 Å². The zero-order valence-electron chi connectivity index (χ0n) is 17.8. The second-order valence-electron chi connectivity index (χ2n) is 10.1. The number of carbonyl (C=O) groups is 1. The van der Waals surface area contributed by atoms with E-state index in [9.17, 15) is 13.2 Å². The predicted octanol–water partition coefficient (Wildman–Crippen LogP) is 1.35. The van der Waals surface area contributed by atoms with E-state index in [4.69, 9.17) is 4.52 Å². The first-order valence-electron chi connectivity index (χ1n) is 11.7. The van der Waals surface area contributed by atoms with Crippen LogP contribution in [0.25, 0.3) is 0 Å². The number of nitrogens with zero attached hydrogens (tertiary/aromatic N) is 3. The maximum absolute atomic E-state index is 13.5. The third-order valence-corrected chi connectivity index (χ3v) is 10.3. The molecule has 31 heavy (non-hydrogen) atoms. The molecule has 1 aromatic heterocycles. The standard InChI is InChI=1S/C21H31N5O4S/c27-20(18-13-19(30-24-18)14-1-2-14)23-15-11-16-3-4-17(12-15)26(16)31(28,29)25-9-6-21(7-10-25)5-8-22-21/h13-17,22H,1-12H2,(H,23,27)/t15-,16+,17-. The van der Waals surface area contributed by atoms with Gasteiger partial charge >= 0.3 is 0 Å². The van der Waals surface area contributed by atoms with Gasteiger partial charge in [-0.05, 0) is 64.3 Å². The van der Waals surface area contributed by atoms with Crippen molar-refractivity contribution in [1.82, 2.24) is 24.4 Å². The molecule has 4 aliphatic heterocycles. The first-order chi connectivity index (χ1) is 14.9. The average Bonchev–Trinajstić information content (AvgIpc) is 3.39. The summed E-state index contributed by atoms with van der Waals surface area (Å²) in [7, 11) is -3.46. The van der Waals surface area contributed by atoms with E-state index in [2.05, 4.69) is 15.8 Å². The smallest absolute Gasteiger partial charge is 0.282 e. The summed E-state index contributed by atoms with van der Waals surface area (Å²) in [5.74, 6) is 1.00. The lowest BCUT2D eigenvalue weighted by molar-refractivity contribution is 0.0893. The van der Waals surface area contributed by atoms with Gasteiger partial charge in [0.1, 0.15) is 5.76 Å². The number of carbonyl (C=O) groups excluding carboxylic acids is 1. The van der Waals surface area contributed by atoms with Crippen LogP contribution in [0.15, 0.2) is 10.6 Å². The molecule has 5 aliphatic rings. The van der Waals surface area contributed by atoms with Gasteiger partial charge in [-0.1, -0.05) is 5.16 Å². The van der Waals surface area contributed by atoms with Crippen LogP contribution in [0.5, 0.6) is 0 Å². The topological polar surface area (TPSA) is 108 Å². The molecule has 5 fully saturated rings. The fraction of sp³-hybridized carbons (Fsp3) is 0.810. The quantitative estimate of drug-likeness (QED) is 0.703. The summed E-state index contributed by atoms with van der Waals surface area (Å²) in [5.41, 5.74) is 0.513. The minimum absolute atomic E-state index is 0.0265. The molecule has 170 valence electrons. The molecular formula is C21H31N5O4S. The highest BCUT2D eigenvalue weighted by Gasteiger charge is 2.50. The van der Waals surface area contributed by atoms with Crippen LogP contribution in [0.1, 0.15) is 80.0 Å². The molecule has 5 heterocycles. The number of fused-ring (bicyclic) bond motifs is 2. The van der Waals surface area contributed by atoms with Crippen molar-refractivity contribution >= 4 is 16.1 Å². The third-order valence-electron chi connectivity index (χ3n) is 8.12. The van der Waals surface area contributed by atoms with E-state index < -0.39 is 10.2 Å². The molecule has 2 bridgehead atoms. The average molecular weight is 450 g/mol. The highest BCUT2D eigenvalue weighted by Crippen LogP contribution is 2.41. The summed E-state index contributed by atoms with van der Waals surface area (Å²) in [6, 6.07) is 1.65. The van der Waals surface area contributed by atoms with Crippen LogP contribution in [0.2, 0.25) is 0 Å². The summed E-state index contributed by atoms with van der Waals surface area (Å²) in [5, 5.41) is 10.5. The van der Waals surface area contributed by atoms with Crippen molar-refractivity contribution in [3.63, 3.8) is 0 Å². The van der Waals surface area contributed by atoms with Gasteiger partial charge in [-0.15, -0.1) is 0 Å². The first-order valence-corrected chi connectivity index (χ1v) is 13.1. The minimum atomic E-state index is -3.46. The Kier molecular flexibility index (Phi) is 4.72. The molecule has 1 saturated carbocycles. The molecule has 3 atom stereocenters. The maximum atomic E-state index is 13.5. The van der Waals surface area contributed by atoms with Crippen LogP contribution in [0, 0.1) is 0 Å². The number of rotatable bonds is 5. The van der Waals surface area contributed by atoms with E-state index in [1.807, 2.05) is 0 Å². The summed E-state index contributed by atoms with van der Waals surface area (Å²) in [4.78, 5) is 12.6. The van der Waals surface area contributed by atoms with Crippen LogP contribution in [-0.4, -0.2) is 71.4 Å². The van der Waals surface area contributed by atoms with E-state index in [0.29, 0.717) is 37.5 Å². The number of amides is 1. The lowest BCUT2D eigenvalue weighted by Gasteiger charge is -2.49. The Hall–Kier alpha value is -1.49. The van der Waals surface area contributed by atoms with Crippen molar-refractivity contribution in [1.29, 1.82) is 0 Å². The molecule has 0 radical (unpaired) electrons. The second kappa shape index (κ2) is 7.26. The zero-order chi connectivity index (χ0) is 21.2. The van der Waals surface area contributed by atoms with Crippen LogP contribution in [-0.2, 0) is 10.2 Å². The summed E-state index contributed by atoms with van der Waals surface area (Å²) in [6.45, 7) is 2.24. The maximum Gasteiger partial charge on any atom is 0.282 e. The van der Waals surface area contributed by atoms with Gasteiger partial charge in [0.05, 0.1) is 0 Å². The Bertz CT molecular complexity index is 946. The third kappa shape index (κ3) is 3.51. The fourth-order valence-corrected chi connectivity index (χ4v) is 8.08. The Morgan fingerprint density at radius 3 is 2.39 bits per heavy atom. The molecule has 6 rings (SSSR count). The normalized spacial score (nSPS) is 33.4. The van der Waals surface area contributed by atoms with E-state index in [-0.39, 0.29) is 29.6 Å². The summed E-state index contributed by atoms with van der Waals surface area (Å²) >= 11 is 0. The largest absolute Gasteiger partial charge is 0.360 e. The molecule has 1 aromatic rings. The lowest BCUT2D eigenvalue weighted by atomic mass is 9.80. The molecule has 9 nitrogen and oxygen atoms in total. The van der Waals surface area contributed by atoms with Crippen molar-refractivity contribution in [2.45, 2.75) is 87.4 Å². The molecule has 0 unspecified atom stereocenters. The van der Waals surface area contributed by atoms with Gasteiger partial charge in [0.25, 0.3) is 16.1 Å². The Balaban J connectivity index is 1.09. The monoisotopic (exact) mass is 449 g/mol. The second-order valence-corrected chi connectivity index (χ2v) is 11.9. The predicted molar refractivity (Wildman–Crippen MR) is 113 cm³/mol. The molecule has 4 saturated heterocycles. The number of hydrogen-bond donors (Lipinski definition) is 2. The van der Waals surface area contributed by atoms with E-state index >= 15 is 0 Å². The van der Waals surface area contributed by atoms with Crippen molar-refractivity contribution in [2.75, 3.05) is 19.6 Å². The molecule has 1 aliphatic carbocycles. The zero-order valence-corrected chi connectivity index (χ0v) is 18.6. The highest BCUT2D eigenvalue weighted by atomic mass is 32.2. The van der Waals surface area contributed by atoms with Crippen molar-refractivity contribution < 1.29 is 17.7 Å². The van der Waals surface area contributed by atoms with Crippen LogP contribution in [0.4, 0.5) is 0 Å². The van der Waals surface area contributed by atoms with Crippen molar-refractivity contribution in [2.24, 2.45) is 0 Å². The van der Waals surface area contributed by atoms with Crippen LogP contribution >= 0.6 is 0 Å². The molecule has 2 N–H and O–H groups in total. The molecular weight excluding hydrogens is 418 g/mol. The van der Waals surface area contributed by atoms with E-state index in [1.54, 1.807) is 14.7 Å². The molecule has 1 amide bonds. The van der Waals surface area contributed by atoms with Gasteiger partial charge in [-0.3, -0.25) is 4.79 Å². The first kappa shape index (κ1) is 20.1. The number of hydrogen-bond acceptors (Lipinski definition) is 6. The van der Waals surface area contributed by atoms with Crippen LogP contribution in [0.3, 0.4) is 0 Å². The number of piperidine rings is 2. The summed E-state index contributed by atoms with van der Waals surface area (Å²) < 4.78 is 35.7. The Morgan fingerprint density at radius 1 is 1.13 bits per heavy atom. The van der Waals surface area contributed by atoms with E-state index in [0.717, 1.165) is 57.3 Å². The lowest BCUT2D eigenvalue weighted by Crippen LogP contribution is -2.64. The SMILES string of the molecule is O=C(N[C@H]1C[C@H]2CC[C@@H](C1)N2S(=O)(=O)N1CCC2(CCN2)CC1)c1cc(C2CC2)on1. The van der Waals surface area contributed by atoms with Gasteiger partial charge in [-0.2, -0.15) is 17.0 Å². The Morgan fingerprint density at radius 2 is 1.81 bits per heavy atom. The van der Waals surface area contributed by atoms with Gasteiger partial charge in [0.2, 0.25) is 0 Å². The van der Waals surface area contributed by atoms with E-state index in [1.165, 1.54) is 0 Å². The number of nitrogens with one attached hydrogen (secondary N) is 2. The highest BCUT2D eigenvalue weighted by molar-refractivity contribution is 7.86. The molecule has 10 heteroatoms. The minimum Gasteiger partial charge on any atom is -0.360 e. The molecule has 1 spiro atoms. The van der Waals surface area contributed by atoms with Gasteiger partial charge < -0.3 is 15.2 Å². The van der Waals surface area contributed by atoms with Crippen LogP contribution < -0.4 is 10.6 Å². The Labute approximate surface area is 183 Å². The molecule has 0 aromatic carbocycles. The van der Waals surface area contributed by atoms with Gasteiger partial charge in [0.15, 0.2) is 5.69 Å². The van der Waals surface area contributed by atoms with Crippen molar-refractivity contribution in [3.05, 3.63) is 17.5 Å². The van der Waals surface area contributed by atoms with Gasteiger partial charge in [-0.25, -0.2) is 0 Å². The fourth-order valence-electron chi connectivity index (χ4n) is 6.03.